The number of nitrogens with zero attached hydrogens (tertiary/aromatic N) is 2. The molecule has 0 aliphatic carbocycles. The van der Waals surface area contributed by atoms with Crippen LogP contribution in [0.4, 0.5) is 0 Å². The number of benzene rings is 1. The van der Waals surface area contributed by atoms with Gasteiger partial charge in [0.25, 0.3) is 0 Å². The number of halogens is 1. The molecule has 1 aromatic carbocycles. The van der Waals surface area contributed by atoms with Crippen molar-refractivity contribution in [2.45, 2.75) is 32.7 Å². The molecule has 2 heterocycles. The van der Waals surface area contributed by atoms with Crippen LogP contribution in [0.2, 0.25) is 0 Å². The average Bonchev–Trinajstić information content (AvgIpc) is 2.86. The third kappa shape index (κ3) is 2.47. The fourth-order valence-electron chi connectivity index (χ4n) is 2.95. The molecule has 4 nitrogen and oxygen atoms in total. The first-order chi connectivity index (χ1) is 10.7. The summed E-state index contributed by atoms with van der Waals surface area (Å²) in [5.41, 5.74) is 3.69. The molecule has 0 unspecified atom stereocenters. The summed E-state index contributed by atoms with van der Waals surface area (Å²) in [7, 11) is 0. The second-order valence-electron chi connectivity index (χ2n) is 5.31. The molecule has 114 valence electrons. The third-order valence-electron chi connectivity index (χ3n) is 4.06. The average molecular weight is 407 g/mol. The minimum absolute atomic E-state index is 0.0737. The number of H-pyrrole nitrogens is 1. The lowest BCUT2D eigenvalue weighted by Crippen LogP contribution is -2.21. The van der Waals surface area contributed by atoms with E-state index in [9.17, 15) is 4.79 Å². The van der Waals surface area contributed by atoms with Crippen molar-refractivity contribution in [1.82, 2.24) is 14.5 Å². The Morgan fingerprint density at radius 1 is 1.23 bits per heavy atom. The van der Waals surface area contributed by atoms with Crippen molar-refractivity contribution in [3.63, 3.8) is 0 Å². The van der Waals surface area contributed by atoms with E-state index in [1.807, 2.05) is 29.0 Å². The smallest absolute Gasteiger partial charge is 0.290 e. The molecule has 2 aromatic heterocycles. The molecule has 0 saturated carbocycles. The van der Waals surface area contributed by atoms with Gasteiger partial charge in [0.05, 0.1) is 5.52 Å². The summed E-state index contributed by atoms with van der Waals surface area (Å²) in [5.74, 6) is 0. The molecule has 0 aliphatic rings. The van der Waals surface area contributed by atoms with Crippen molar-refractivity contribution in [2.75, 3.05) is 0 Å². The van der Waals surface area contributed by atoms with Gasteiger partial charge in [-0.1, -0.05) is 44.2 Å². The molecule has 0 radical (unpaired) electrons. The molecule has 0 amide bonds. The lowest BCUT2D eigenvalue weighted by Gasteiger charge is -2.17. The van der Waals surface area contributed by atoms with Gasteiger partial charge in [0.15, 0.2) is 5.65 Å². The van der Waals surface area contributed by atoms with E-state index in [1.165, 1.54) is 0 Å². The quantitative estimate of drug-likeness (QED) is 0.654. The number of nitrogens with one attached hydrogen (secondary N) is 1. The summed E-state index contributed by atoms with van der Waals surface area (Å²) < 4.78 is 2.93. The second-order valence-corrected chi connectivity index (χ2v) is 6.48. The number of pyridine rings is 1. The van der Waals surface area contributed by atoms with Crippen molar-refractivity contribution < 1.29 is 0 Å². The van der Waals surface area contributed by atoms with Crippen molar-refractivity contribution in [3.05, 3.63) is 50.6 Å². The van der Waals surface area contributed by atoms with Gasteiger partial charge in [-0.15, -0.1) is 0 Å². The Labute approximate surface area is 142 Å². The summed E-state index contributed by atoms with van der Waals surface area (Å²) in [6.45, 7) is 4.23. The van der Waals surface area contributed by atoms with E-state index in [-0.39, 0.29) is 11.7 Å². The monoisotopic (exact) mass is 407 g/mol. The lowest BCUT2D eigenvalue weighted by atomic mass is 10.1. The van der Waals surface area contributed by atoms with E-state index in [2.05, 4.69) is 58.5 Å². The number of imidazole rings is 1. The summed E-state index contributed by atoms with van der Waals surface area (Å²) in [4.78, 5) is 19.8. The Kier molecular flexibility index (Phi) is 4.33. The highest BCUT2D eigenvalue weighted by Crippen LogP contribution is 2.32. The highest BCUT2D eigenvalue weighted by Gasteiger charge is 2.20. The molecule has 0 aliphatic heterocycles. The number of fused-ring (bicyclic) bond motifs is 1. The predicted molar refractivity (Wildman–Crippen MR) is 98.1 cm³/mol. The predicted octanol–water partition coefficient (Wildman–Crippen LogP) is 4.36. The molecule has 5 heteroatoms. The third-order valence-corrected chi connectivity index (χ3v) is 4.88. The molecule has 0 atom stereocenters. The minimum atomic E-state index is -0.0737. The van der Waals surface area contributed by atoms with Gasteiger partial charge in [0, 0.05) is 21.4 Å². The zero-order valence-corrected chi connectivity index (χ0v) is 14.8. The molecule has 1 N–H and O–H groups in total. The van der Waals surface area contributed by atoms with Crippen molar-refractivity contribution in [2.24, 2.45) is 0 Å². The van der Waals surface area contributed by atoms with Gasteiger partial charge >= 0.3 is 5.69 Å². The molecule has 0 bridgehead atoms. The zero-order chi connectivity index (χ0) is 15.7. The summed E-state index contributed by atoms with van der Waals surface area (Å²) >= 11 is 2.29. The first-order valence-electron chi connectivity index (χ1n) is 7.51. The van der Waals surface area contributed by atoms with E-state index in [1.54, 1.807) is 0 Å². The molecule has 0 fully saturated rings. The molecule has 3 rings (SSSR count). The lowest BCUT2D eigenvalue weighted by molar-refractivity contribution is 0.471. The van der Waals surface area contributed by atoms with Gasteiger partial charge < -0.3 is 0 Å². The largest absolute Gasteiger partial charge is 0.327 e. The highest BCUT2D eigenvalue weighted by atomic mass is 127. The van der Waals surface area contributed by atoms with Crippen LogP contribution in [-0.4, -0.2) is 14.5 Å². The SMILES string of the molecule is CCC(CC)n1c(=O)[nH]c2ncc(I)c(-c3ccccc3)c21. The van der Waals surface area contributed by atoms with E-state index in [0.717, 1.165) is 33.1 Å². The number of aromatic nitrogens is 3. The van der Waals surface area contributed by atoms with Crippen LogP contribution in [-0.2, 0) is 0 Å². The van der Waals surface area contributed by atoms with Crippen LogP contribution in [0, 0.1) is 3.57 Å². The minimum Gasteiger partial charge on any atom is -0.290 e. The fourth-order valence-corrected chi connectivity index (χ4v) is 3.66. The molecular formula is C17H18IN3O. The summed E-state index contributed by atoms with van der Waals surface area (Å²) in [6.07, 6.45) is 3.66. The molecule has 0 spiro atoms. The van der Waals surface area contributed by atoms with Crippen LogP contribution in [0.5, 0.6) is 0 Å². The van der Waals surface area contributed by atoms with Crippen molar-refractivity contribution in [1.29, 1.82) is 0 Å². The van der Waals surface area contributed by atoms with E-state index in [0.29, 0.717) is 5.65 Å². The van der Waals surface area contributed by atoms with Crippen molar-refractivity contribution >= 4 is 33.8 Å². The number of hydrogen-bond acceptors (Lipinski definition) is 2. The van der Waals surface area contributed by atoms with Gasteiger partial charge in [0.1, 0.15) is 0 Å². The van der Waals surface area contributed by atoms with Gasteiger partial charge in [-0.2, -0.15) is 0 Å². The molecule has 0 saturated heterocycles. The van der Waals surface area contributed by atoms with Gasteiger partial charge in [-0.25, -0.2) is 9.78 Å². The van der Waals surface area contributed by atoms with Gasteiger partial charge in [-0.05, 0) is 41.0 Å². The standard InChI is InChI=1S/C17H18IN3O/c1-3-12(4-2)21-15-14(11-8-6-5-7-9-11)13(18)10-19-16(15)20-17(21)22/h5-10,12H,3-4H2,1-2H3,(H,19,20,22). The Morgan fingerprint density at radius 3 is 2.55 bits per heavy atom. The van der Waals surface area contributed by atoms with E-state index in [4.69, 9.17) is 0 Å². The Morgan fingerprint density at radius 2 is 1.91 bits per heavy atom. The number of rotatable bonds is 4. The summed E-state index contributed by atoms with van der Waals surface area (Å²) in [6, 6.07) is 10.4. The van der Waals surface area contributed by atoms with Gasteiger partial charge in [-0.3, -0.25) is 9.55 Å². The van der Waals surface area contributed by atoms with Gasteiger partial charge in [0.2, 0.25) is 0 Å². The maximum Gasteiger partial charge on any atom is 0.327 e. The summed E-state index contributed by atoms with van der Waals surface area (Å²) in [5, 5.41) is 0. The number of hydrogen-bond donors (Lipinski definition) is 1. The Balaban J connectivity index is 2.41. The number of aromatic amines is 1. The van der Waals surface area contributed by atoms with Crippen LogP contribution in [0.3, 0.4) is 0 Å². The molecule has 22 heavy (non-hydrogen) atoms. The normalized spacial score (nSPS) is 11.5. The van der Waals surface area contributed by atoms with Crippen LogP contribution in [0.15, 0.2) is 41.3 Å². The second kappa shape index (κ2) is 6.24. The highest BCUT2D eigenvalue weighted by molar-refractivity contribution is 14.1. The molecular weight excluding hydrogens is 389 g/mol. The van der Waals surface area contributed by atoms with Crippen molar-refractivity contribution in [3.8, 4) is 11.1 Å². The molecule has 3 aromatic rings. The topological polar surface area (TPSA) is 50.7 Å². The Hall–Kier alpha value is -1.63. The van der Waals surface area contributed by atoms with Crippen LogP contribution in [0.25, 0.3) is 22.3 Å². The van der Waals surface area contributed by atoms with Crippen LogP contribution >= 0.6 is 22.6 Å². The van der Waals surface area contributed by atoms with E-state index >= 15 is 0 Å². The van der Waals surface area contributed by atoms with Crippen LogP contribution < -0.4 is 5.69 Å². The zero-order valence-electron chi connectivity index (χ0n) is 12.6. The van der Waals surface area contributed by atoms with E-state index < -0.39 is 0 Å². The maximum atomic E-state index is 12.5. The van der Waals surface area contributed by atoms with Crippen LogP contribution in [0.1, 0.15) is 32.7 Å². The Bertz CT molecular complexity index is 847. The fraction of sp³-hybridized carbons (Fsp3) is 0.294. The first kappa shape index (κ1) is 15.3. The maximum absolute atomic E-state index is 12.5. The first-order valence-corrected chi connectivity index (χ1v) is 8.59.